The number of nitrogens with one attached hydrogen (secondary N) is 1. The first kappa shape index (κ1) is 17.7. The van der Waals surface area contributed by atoms with E-state index in [0.717, 1.165) is 33.6 Å². The first-order valence-electron chi connectivity index (χ1n) is 7.14. The van der Waals surface area contributed by atoms with Gasteiger partial charge in [0.25, 0.3) is 0 Å². The van der Waals surface area contributed by atoms with Gasteiger partial charge in [0.2, 0.25) is 5.91 Å². The second-order valence-corrected chi connectivity index (χ2v) is 6.84. The van der Waals surface area contributed by atoms with Crippen LogP contribution in [0.3, 0.4) is 0 Å². The van der Waals surface area contributed by atoms with E-state index in [2.05, 4.69) is 15.3 Å². The zero-order valence-corrected chi connectivity index (χ0v) is 14.6. The molecule has 5 nitrogen and oxygen atoms in total. The average molecular weight is 386 g/mol. The van der Waals surface area contributed by atoms with Gasteiger partial charge in [-0.15, -0.1) is 11.3 Å². The fourth-order valence-corrected chi connectivity index (χ4v) is 3.52. The lowest BCUT2D eigenvalue weighted by Gasteiger charge is -2.08. The normalized spacial score (nSPS) is 11.8. The van der Waals surface area contributed by atoms with Crippen molar-refractivity contribution < 1.29 is 18.0 Å². The largest absolute Gasteiger partial charge is 0.434 e. The summed E-state index contributed by atoms with van der Waals surface area (Å²) in [5.41, 5.74) is 0.564. The Balaban J connectivity index is 1.80. The number of thiazole rings is 1. The minimum absolute atomic E-state index is 0.0443. The highest BCUT2D eigenvalue weighted by Crippen LogP contribution is 2.31. The van der Waals surface area contributed by atoms with E-state index in [-0.39, 0.29) is 11.7 Å². The molecule has 0 unspecified atom stereocenters. The maximum atomic E-state index is 12.6. The molecule has 1 aromatic carbocycles. The summed E-state index contributed by atoms with van der Waals surface area (Å²) in [6.45, 7) is -0.0443. The summed E-state index contributed by atoms with van der Waals surface area (Å²) >= 11 is 2.31. The number of aromatic nitrogens is 3. The zero-order valence-electron chi connectivity index (χ0n) is 13.0. The fourth-order valence-electron chi connectivity index (χ4n) is 2.30. The molecule has 0 bridgehead atoms. The van der Waals surface area contributed by atoms with Crippen molar-refractivity contribution in [2.45, 2.75) is 18.5 Å². The monoisotopic (exact) mass is 386 g/mol. The van der Waals surface area contributed by atoms with Crippen molar-refractivity contribution in [3.63, 3.8) is 0 Å². The molecule has 25 heavy (non-hydrogen) atoms. The van der Waals surface area contributed by atoms with Crippen LogP contribution in [0.4, 0.5) is 18.3 Å². The Morgan fingerprint density at radius 2 is 2.08 bits per heavy atom. The van der Waals surface area contributed by atoms with E-state index in [4.69, 9.17) is 0 Å². The SMILES string of the molecule is CSCc1nc2ccccc2n1CC(=O)Nc1nc(C(F)(F)F)cs1. The number of carbonyl (C=O) groups is 1. The Morgan fingerprint density at radius 1 is 1.32 bits per heavy atom. The minimum atomic E-state index is -4.52. The van der Waals surface area contributed by atoms with E-state index in [1.165, 1.54) is 0 Å². The van der Waals surface area contributed by atoms with Crippen molar-refractivity contribution in [2.24, 2.45) is 0 Å². The molecule has 132 valence electrons. The molecule has 0 spiro atoms. The molecule has 10 heteroatoms. The standard InChI is InChI=1S/C15H13F3N4OS2/c1-24-8-12-19-9-4-2-3-5-10(9)22(12)6-13(23)21-14-20-11(7-25-14)15(16,17)18/h2-5,7H,6,8H2,1H3,(H,20,21,23). The Labute approximate surface area is 149 Å². The first-order valence-corrected chi connectivity index (χ1v) is 9.41. The van der Waals surface area contributed by atoms with E-state index in [1.807, 2.05) is 30.5 Å². The number of thioether (sulfide) groups is 1. The maximum Gasteiger partial charge on any atom is 0.434 e. The lowest BCUT2D eigenvalue weighted by molar-refractivity contribution is -0.140. The van der Waals surface area contributed by atoms with Gasteiger partial charge in [-0.05, 0) is 18.4 Å². The second kappa shape index (κ2) is 7.04. The van der Waals surface area contributed by atoms with E-state index in [1.54, 1.807) is 16.3 Å². The summed E-state index contributed by atoms with van der Waals surface area (Å²) in [5, 5.41) is 3.22. The van der Waals surface area contributed by atoms with Crippen molar-refractivity contribution in [3.8, 4) is 0 Å². The number of hydrogen-bond donors (Lipinski definition) is 1. The van der Waals surface area contributed by atoms with Gasteiger partial charge in [0.1, 0.15) is 12.4 Å². The molecule has 1 amide bonds. The van der Waals surface area contributed by atoms with Crippen molar-refractivity contribution in [2.75, 3.05) is 11.6 Å². The second-order valence-electron chi connectivity index (χ2n) is 5.12. The molecular weight excluding hydrogens is 373 g/mol. The van der Waals surface area contributed by atoms with E-state index < -0.39 is 17.8 Å². The first-order chi connectivity index (χ1) is 11.9. The molecule has 0 aliphatic rings. The molecule has 1 N–H and O–H groups in total. The smallest absolute Gasteiger partial charge is 0.318 e. The molecule has 3 rings (SSSR count). The van der Waals surface area contributed by atoms with Gasteiger partial charge in [-0.3, -0.25) is 4.79 Å². The highest BCUT2D eigenvalue weighted by Gasteiger charge is 2.33. The number of halogens is 3. The molecule has 0 radical (unpaired) electrons. The molecule has 0 fully saturated rings. The van der Waals surface area contributed by atoms with Gasteiger partial charge in [0, 0.05) is 5.38 Å². The summed E-state index contributed by atoms with van der Waals surface area (Å²) in [5.74, 6) is 0.907. The van der Waals surface area contributed by atoms with Gasteiger partial charge in [-0.25, -0.2) is 9.97 Å². The van der Waals surface area contributed by atoms with Crippen LogP contribution in [0.5, 0.6) is 0 Å². The summed E-state index contributed by atoms with van der Waals surface area (Å²) in [7, 11) is 0. The third-order valence-corrected chi connectivity index (χ3v) is 4.65. The molecule has 0 atom stereocenters. The van der Waals surface area contributed by atoms with E-state index in [9.17, 15) is 18.0 Å². The summed E-state index contributed by atoms with van der Waals surface area (Å²) in [6, 6.07) is 7.41. The Bertz CT molecular complexity index is 904. The van der Waals surface area contributed by atoms with Crippen LogP contribution in [0, 0.1) is 0 Å². The van der Waals surface area contributed by atoms with Crippen LogP contribution in [0.1, 0.15) is 11.5 Å². The lowest BCUT2D eigenvalue weighted by Crippen LogP contribution is -2.20. The number of imidazole rings is 1. The fraction of sp³-hybridized carbons (Fsp3) is 0.267. The number of nitrogens with zero attached hydrogens (tertiary/aromatic N) is 3. The van der Waals surface area contributed by atoms with Gasteiger partial charge < -0.3 is 9.88 Å². The number of fused-ring (bicyclic) bond motifs is 1. The van der Waals surface area contributed by atoms with Crippen LogP contribution in [-0.4, -0.2) is 26.7 Å². The van der Waals surface area contributed by atoms with Crippen LogP contribution >= 0.6 is 23.1 Å². The highest BCUT2D eigenvalue weighted by atomic mass is 32.2. The quantitative estimate of drug-likeness (QED) is 0.720. The topological polar surface area (TPSA) is 59.8 Å². The van der Waals surface area contributed by atoms with Crippen molar-refractivity contribution in [3.05, 3.63) is 41.2 Å². The van der Waals surface area contributed by atoms with Crippen LogP contribution in [0.25, 0.3) is 11.0 Å². The number of para-hydroxylation sites is 2. The van der Waals surface area contributed by atoms with Gasteiger partial charge in [0.15, 0.2) is 10.8 Å². The maximum absolute atomic E-state index is 12.6. The minimum Gasteiger partial charge on any atom is -0.318 e. The highest BCUT2D eigenvalue weighted by molar-refractivity contribution is 7.97. The molecule has 0 saturated carbocycles. The number of anilines is 1. The number of amides is 1. The molecule has 0 aliphatic heterocycles. The zero-order chi connectivity index (χ0) is 18.0. The Hall–Kier alpha value is -2.07. The van der Waals surface area contributed by atoms with Gasteiger partial charge in [-0.2, -0.15) is 24.9 Å². The number of alkyl halides is 3. The Kier molecular flexibility index (Phi) is 5.00. The molecule has 2 heterocycles. The molecule has 3 aromatic rings. The van der Waals surface area contributed by atoms with Crippen LogP contribution in [-0.2, 0) is 23.3 Å². The number of carbonyl (C=O) groups excluding carboxylic acids is 1. The number of benzene rings is 1. The van der Waals surface area contributed by atoms with Crippen molar-refractivity contribution >= 4 is 45.2 Å². The number of rotatable bonds is 5. The predicted octanol–water partition coefficient (Wildman–Crippen LogP) is 4.01. The van der Waals surface area contributed by atoms with Gasteiger partial charge in [0.05, 0.1) is 16.8 Å². The van der Waals surface area contributed by atoms with Gasteiger partial charge in [-0.1, -0.05) is 12.1 Å². The molecular formula is C15H13F3N4OS2. The van der Waals surface area contributed by atoms with Crippen LogP contribution in [0.15, 0.2) is 29.6 Å². The third-order valence-electron chi connectivity index (χ3n) is 3.35. The van der Waals surface area contributed by atoms with E-state index >= 15 is 0 Å². The summed E-state index contributed by atoms with van der Waals surface area (Å²) < 4.78 is 39.5. The molecule has 0 saturated heterocycles. The predicted molar refractivity (Wildman–Crippen MR) is 92.7 cm³/mol. The number of hydrogen-bond acceptors (Lipinski definition) is 5. The molecule has 2 aromatic heterocycles. The average Bonchev–Trinajstić information content (AvgIpc) is 3.13. The van der Waals surface area contributed by atoms with Crippen LogP contribution < -0.4 is 5.32 Å². The van der Waals surface area contributed by atoms with Crippen molar-refractivity contribution in [1.29, 1.82) is 0 Å². The molecule has 0 aliphatic carbocycles. The van der Waals surface area contributed by atoms with Gasteiger partial charge >= 0.3 is 6.18 Å². The third kappa shape index (κ3) is 3.96. The van der Waals surface area contributed by atoms with Crippen molar-refractivity contribution in [1.82, 2.24) is 14.5 Å². The van der Waals surface area contributed by atoms with E-state index in [0.29, 0.717) is 5.75 Å². The lowest BCUT2D eigenvalue weighted by atomic mass is 10.3. The Morgan fingerprint density at radius 3 is 2.76 bits per heavy atom. The van der Waals surface area contributed by atoms with Crippen LogP contribution in [0.2, 0.25) is 0 Å². The summed E-state index contributed by atoms with van der Waals surface area (Å²) in [4.78, 5) is 20.2. The summed E-state index contributed by atoms with van der Waals surface area (Å²) in [6.07, 6.45) is -2.59.